The lowest BCUT2D eigenvalue weighted by Crippen LogP contribution is -2.45. The number of ether oxygens (including phenoxy) is 1. The Balaban J connectivity index is 1.73. The van der Waals surface area contributed by atoms with Crippen LogP contribution in [0.5, 0.6) is 5.75 Å². The molecule has 2 atom stereocenters. The summed E-state index contributed by atoms with van der Waals surface area (Å²) in [4.78, 5) is 24.8. The summed E-state index contributed by atoms with van der Waals surface area (Å²) in [5.74, 6) is -0.157. The third kappa shape index (κ3) is 7.10. The first-order valence-corrected chi connectivity index (χ1v) is 11.4. The van der Waals surface area contributed by atoms with Crippen LogP contribution in [0.1, 0.15) is 61.5 Å². The van der Waals surface area contributed by atoms with Crippen LogP contribution in [0.15, 0.2) is 47.4 Å². The number of rotatable bonds is 8. The second kappa shape index (κ2) is 11.4. The van der Waals surface area contributed by atoms with Gasteiger partial charge in [-0.25, -0.2) is 17.9 Å². The molecule has 1 aliphatic rings. The van der Waals surface area contributed by atoms with Crippen LogP contribution in [0.4, 0.5) is 4.79 Å². The highest BCUT2D eigenvalue weighted by atomic mass is 35.5. The fourth-order valence-electron chi connectivity index (χ4n) is 2.75. The van der Waals surface area contributed by atoms with Gasteiger partial charge in [0.1, 0.15) is 5.75 Å². The van der Waals surface area contributed by atoms with Gasteiger partial charge < -0.3 is 15.4 Å². The molecule has 1 aliphatic carbocycles. The largest absolute Gasteiger partial charge is 0.496 e. The van der Waals surface area contributed by atoms with Crippen LogP contribution >= 0.6 is 11.6 Å². The second-order valence-corrected chi connectivity index (χ2v) is 8.68. The molecule has 0 aromatic heterocycles. The second-order valence-electron chi connectivity index (χ2n) is 6.57. The van der Waals surface area contributed by atoms with Crippen LogP contribution in [-0.2, 0) is 16.4 Å². The molecule has 0 saturated heterocycles. The third-order valence-electron chi connectivity index (χ3n) is 4.32. The number of halogens is 1. The van der Waals surface area contributed by atoms with Gasteiger partial charge in [0.2, 0.25) is 0 Å². The molecule has 0 aliphatic heterocycles. The standard InChI is InChI=1S/C23H28ClN3O5S/c1-32-21-12-9-17(24)15-20(21)22(28)25-14-13-16-7-10-19(11-8-16)33(30,31)27-23(29)26-18-5-3-2-4-6-18/h7-12,15,18H,2-6,13-14H2,1H3,(H,25,28)(H2,26,27,29)/i2D2,3D2,4D2,5D,6D2,18D/hD. The monoisotopic (exact) mass is 504 g/mol. The Kier molecular flexibility index (Phi) is 4.76. The number of methoxy groups -OCH3 is 1. The zero-order chi connectivity index (χ0) is 33.7. The summed E-state index contributed by atoms with van der Waals surface area (Å²) in [7, 11) is -3.40. The third-order valence-corrected chi connectivity index (χ3v) is 5.89. The number of hydrogen-bond donors (Lipinski definition) is 3. The number of nitrogens with one attached hydrogen (secondary N) is 3. The summed E-state index contributed by atoms with van der Waals surface area (Å²) in [5.41, 5.74) is 0.770. The number of urea groups is 1. The molecule has 178 valence electrons. The van der Waals surface area contributed by atoms with Crippen molar-refractivity contribution in [2.75, 3.05) is 13.7 Å². The molecule has 3 N–H and O–H groups in total. The first-order chi connectivity index (χ1) is 20.0. The normalized spacial score (nSPS) is 31.5. The van der Waals surface area contributed by atoms with Crippen molar-refractivity contribution in [2.45, 2.75) is 49.2 Å². The molecule has 8 nitrogen and oxygen atoms in total. The number of benzene rings is 2. The Morgan fingerprint density at radius 2 is 1.97 bits per heavy atom. The number of carbonyl (C=O) groups excluding carboxylic acids is 2. The molecule has 0 spiro atoms. The van der Waals surface area contributed by atoms with Gasteiger partial charge in [0, 0.05) is 29.9 Å². The van der Waals surface area contributed by atoms with E-state index in [1.807, 2.05) is 0 Å². The fourth-order valence-corrected chi connectivity index (χ4v) is 3.81. The van der Waals surface area contributed by atoms with Gasteiger partial charge in [0.15, 0.2) is 1.41 Å². The van der Waals surface area contributed by atoms with Crippen LogP contribution in [0.25, 0.3) is 0 Å². The van der Waals surface area contributed by atoms with E-state index in [0.29, 0.717) is 16.3 Å². The van der Waals surface area contributed by atoms with E-state index in [4.69, 9.17) is 31.5 Å². The Morgan fingerprint density at radius 1 is 1.21 bits per heavy atom. The average Bonchev–Trinajstić information content (AvgIpc) is 2.94. The predicted molar refractivity (Wildman–Crippen MR) is 126 cm³/mol. The molecule has 2 aromatic rings. The Hall–Kier alpha value is -2.78. The van der Waals surface area contributed by atoms with Gasteiger partial charge >= 0.3 is 6.03 Å². The zero-order valence-electron chi connectivity index (χ0n) is 28.3. The molecule has 1 saturated carbocycles. The van der Waals surface area contributed by atoms with Gasteiger partial charge in [-0.2, -0.15) is 0 Å². The number of hydrogen-bond acceptors (Lipinski definition) is 5. The molecular weight excluding hydrogens is 466 g/mol. The van der Waals surface area contributed by atoms with E-state index in [1.54, 1.807) is 6.07 Å². The van der Waals surface area contributed by atoms with Crippen LogP contribution < -0.4 is 20.1 Å². The summed E-state index contributed by atoms with van der Waals surface area (Å²) in [6.45, 7) is 0.131. The minimum atomic E-state index is -4.79. The maximum absolute atomic E-state index is 12.9. The van der Waals surface area contributed by atoms with E-state index in [9.17, 15) is 18.0 Å². The van der Waals surface area contributed by atoms with Crippen LogP contribution in [0, 0.1) is 0 Å². The van der Waals surface area contributed by atoms with Gasteiger partial charge in [0.25, 0.3) is 15.9 Å². The van der Waals surface area contributed by atoms with Crippen molar-refractivity contribution in [3.8, 4) is 5.75 Å². The Labute approximate surface area is 214 Å². The first-order valence-electron chi connectivity index (χ1n) is 15.0. The van der Waals surface area contributed by atoms with Crippen LogP contribution in [-0.4, -0.2) is 40.0 Å². The molecule has 1 fully saturated rings. The number of amides is 3. The summed E-state index contributed by atoms with van der Waals surface area (Å²) in [6.07, 6.45) is -17.6. The zero-order valence-corrected chi connectivity index (χ0v) is 18.9. The molecule has 33 heavy (non-hydrogen) atoms. The van der Waals surface area contributed by atoms with E-state index in [-0.39, 0.29) is 18.5 Å². The van der Waals surface area contributed by atoms with Crippen molar-refractivity contribution in [1.82, 2.24) is 15.3 Å². The maximum Gasteiger partial charge on any atom is 0.328 e. The first kappa shape index (κ1) is 13.8. The van der Waals surface area contributed by atoms with Gasteiger partial charge in [-0.1, -0.05) is 42.9 Å². The van der Waals surface area contributed by atoms with E-state index < -0.39 is 70.1 Å². The van der Waals surface area contributed by atoms with Crippen molar-refractivity contribution in [2.24, 2.45) is 0 Å². The predicted octanol–water partition coefficient (Wildman–Crippen LogP) is 3.64. The summed E-state index contributed by atoms with van der Waals surface area (Å²) in [6, 6.07) is 3.66. The molecule has 0 heterocycles. The molecule has 3 amide bonds. The number of sulfonamides is 1. The highest BCUT2D eigenvalue weighted by Gasteiger charge is 2.21. The highest BCUT2D eigenvalue weighted by Crippen LogP contribution is 2.22. The Bertz CT molecular complexity index is 1550. The summed E-state index contributed by atoms with van der Waals surface area (Å²) < 4.78 is 120. The van der Waals surface area contributed by atoms with E-state index >= 15 is 0 Å². The lowest BCUT2D eigenvalue weighted by Gasteiger charge is -2.22. The fraction of sp³-hybridized carbons (Fsp3) is 0.391. The lowest BCUT2D eigenvalue weighted by molar-refractivity contribution is 0.0951. The van der Waals surface area contributed by atoms with E-state index in [2.05, 4.69) is 5.32 Å². The molecule has 0 radical (unpaired) electrons. The van der Waals surface area contributed by atoms with Crippen molar-refractivity contribution in [1.29, 1.82) is 0 Å². The quantitative estimate of drug-likeness (QED) is 0.508. The van der Waals surface area contributed by atoms with Crippen LogP contribution in [0.3, 0.4) is 0 Å². The Morgan fingerprint density at radius 3 is 2.70 bits per heavy atom. The van der Waals surface area contributed by atoms with Crippen LogP contribution in [0.2, 0.25) is 6.43 Å². The topological polar surface area (TPSA) is 114 Å². The maximum atomic E-state index is 12.9. The highest BCUT2D eigenvalue weighted by molar-refractivity contribution is 7.90. The molecular formula is C23H28ClN3O5S. The minimum absolute atomic E-state index is 0.131. The van der Waals surface area contributed by atoms with Crippen molar-refractivity contribution >= 4 is 33.6 Å². The van der Waals surface area contributed by atoms with Crippen molar-refractivity contribution < 1.29 is 37.9 Å². The minimum Gasteiger partial charge on any atom is -0.496 e. The van der Waals surface area contributed by atoms with Gasteiger partial charge in [-0.3, -0.25) is 4.79 Å². The molecule has 2 unspecified atom stereocenters. The van der Waals surface area contributed by atoms with Crippen molar-refractivity contribution in [3.05, 3.63) is 58.6 Å². The van der Waals surface area contributed by atoms with Crippen molar-refractivity contribution in [3.63, 3.8) is 0 Å². The smallest absolute Gasteiger partial charge is 0.328 e. The molecule has 0 bridgehead atoms. The summed E-state index contributed by atoms with van der Waals surface area (Å²) in [5, 5.41) is 2.31. The van der Waals surface area contributed by atoms with E-state index in [0.717, 1.165) is 12.1 Å². The molecule has 2 aromatic carbocycles. The summed E-state index contributed by atoms with van der Waals surface area (Å²) >= 11 is 5.94. The van der Waals surface area contributed by atoms with Gasteiger partial charge in [-0.05, 0) is 55.1 Å². The lowest BCUT2D eigenvalue weighted by atomic mass is 9.96. The van der Waals surface area contributed by atoms with Gasteiger partial charge in [-0.15, -0.1) is 0 Å². The van der Waals surface area contributed by atoms with Gasteiger partial charge in [0.05, 0.1) is 18.9 Å². The molecule has 3 rings (SSSR count). The SMILES string of the molecule is [2H]C1C([2H])([2H])C([2H])([2H])C([2H])([2H])C([2H])([2H])C1([2H])N([2H])C(=O)NS(=O)(=O)c1ccc(CCNC(=O)c2cc(Cl)ccc2OC)cc1. The van der Waals surface area contributed by atoms with E-state index in [1.165, 1.54) is 36.1 Å². The number of carbonyl (C=O) groups is 2. The molecule has 10 heteroatoms. The average molecular weight is 505 g/mol.